The zero-order chi connectivity index (χ0) is 18.4. The molecule has 0 saturated heterocycles. The van der Waals surface area contributed by atoms with Crippen LogP contribution in [0.3, 0.4) is 0 Å². The molecule has 0 atom stereocenters. The van der Waals surface area contributed by atoms with E-state index in [1.165, 1.54) is 22.7 Å². The first kappa shape index (κ1) is 19.0. The molecule has 25 heavy (non-hydrogen) atoms. The monoisotopic (exact) mass is 381 g/mol. The van der Waals surface area contributed by atoms with Gasteiger partial charge in [0.25, 0.3) is 0 Å². The second-order valence-electron chi connectivity index (χ2n) is 5.61. The van der Waals surface area contributed by atoms with Crippen molar-refractivity contribution in [2.45, 2.75) is 39.0 Å². The van der Waals surface area contributed by atoms with Crippen molar-refractivity contribution in [1.82, 2.24) is 9.97 Å². The Morgan fingerprint density at radius 2 is 1.88 bits per heavy atom. The van der Waals surface area contributed by atoms with Gasteiger partial charge in [-0.25, -0.2) is 9.97 Å². The lowest BCUT2D eigenvalue weighted by atomic mass is 10.2. The molecule has 2 rings (SSSR count). The van der Waals surface area contributed by atoms with Crippen LogP contribution in [0.15, 0.2) is 11.6 Å². The van der Waals surface area contributed by atoms with Crippen LogP contribution in [0.5, 0.6) is 0 Å². The van der Waals surface area contributed by atoms with Gasteiger partial charge in [-0.2, -0.15) is 0 Å². The van der Waals surface area contributed by atoms with Crippen molar-refractivity contribution in [2.75, 3.05) is 10.6 Å². The van der Waals surface area contributed by atoms with Gasteiger partial charge in [0.05, 0.1) is 12.1 Å². The maximum atomic E-state index is 12.1. The summed E-state index contributed by atoms with van der Waals surface area (Å²) in [6, 6.07) is 0. The average molecular weight is 381 g/mol. The summed E-state index contributed by atoms with van der Waals surface area (Å²) < 4.78 is 0. The number of nitrogens with one attached hydrogen (secondary N) is 2. The summed E-state index contributed by atoms with van der Waals surface area (Å²) in [4.78, 5) is 43.8. The van der Waals surface area contributed by atoms with Crippen LogP contribution >= 0.6 is 22.7 Å². The van der Waals surface area contributed by atoms with E-state index in [4.69, 9.17) is 5.73 Å². The number of anilines is 2. The lowest BCUT2D eigenvalue weighted by Gasteiger charge is -2.00. The van der Waals surface area contributed by atoms with Gasteiger partial charge in [-0.3, -0.25) is 14.4 Å². The Bertz CT molecular complexity index is 769. The van der Waals surface area contributed by atoms with Crippen molar-refractivity contribution in [3.63, 3.8) is 0 Å². The second kappa shape index (κ2) is 8.67. The molecule has 0 aliphatic heterocycles. The summed E-state index contributed by atoms with van der Waals surface area (Å²) in [5.41, 5.74) is 5.54. The molecule has 0 saturated carbocycles. The minimum atomic E-state index is -0.533. The van der Waals surface area contributed by atoms with Crippen LogP contribution in [0.4, 0.5) is 10.3 Å². The van der Waals surface area contributed by atoms with E-state index in [0.717, 1.165) is 4.88 Å². The molecule has 8 nitrogen and oxygen atoms in total. The van der Waals surface area contributed by atoms with Crippen LogP contribution in [-0.2, 0) is 20.8 Å². The SMILES string of the molecule is CC(C)c1cnc(NC(=O)Cc2csc(NC(=O)CCC(N)=O)n2)s1. The second-order valence-corrected chi connectivity index (χ2v) is 7.53. The molecule has 0 fully saturated rings. The first-order valence-electron chi connectivity index (χ1n) is 7.61. The summed E-state index contributed by atoms with van der Waals surface area (Å²) in [6.45, 7) is 4.13. The first-order valence-corrected chi connectivity index (χ1v) is 9.31. The third-order valence-electron chi connectivity index (χ3n) is 3.08. The normalized spacial score (nSPS) is 10.7. The van der Waals surface area contributed by atoms with Crippen molar-refractivity contribution in [3.8, 4) is 0 Å². The van der Waals surface area contributed by atoms with Crippen LogP contribution in [0.2, 0.25) is 0 Å². The minimum Gasteiger partial charge on any atom is -0.370 e. The largest absolute Gasteiger partial charge is 0.370 e. The molecule has 0 spiro atoms. The molecule has 0 aliphatic carbocycles. The molecule has 0 radical (unpaired) electrons. The van der Waals surface area contributed by atoms with Crippen molar-refractivity contribution < 1.29 is 14.4 Å². The standard InChI is InChI=1S/C15H19N5O3S2/c1-8(2)10-6-17-14(25-10)20-13(23)5-9-7-24-15(18-9)19-12(22)4-3-11(16)21/h6-8H,3-5H2,1-2H3,(H2,16,21)(H,17,20,23)(H,18,19,22). The minimum absolute atomic E-state index is 0.00691. The van der Waals surface area contributed by atoms with E-state index >= 15 is 0 Å². The van der Waals surface area contributed by atoms with Crippen molar-refractivity contribution >= 4 is 50.7 Å². The molecule has 2 aromatic heterocycles. The third kappa shape index (κ3) is 6.24. The molecule has 0 bridgehead atoms. The van der Waals surface area contributed by atoms with E-state index in [0.29, 0.717) is 21.9 Å². The third-order valence-corrected chi connectivity index (χ3v) is 5.10. The molecule has 2 heterocycles. The van der Waals surface area contributed by atoms with Crippen LogP contribution < -0.4 is 16.4 Å². The number of primary amides is 1. The molecule has 0 aromatic carbocycles. The van der Waals surface area contributed by atoms with Gasteiger partial charge in [-0.05, 0) is 5.92 Å². The Hall–Kier alpha value is -2.33. The number of hydrogen-bond acceptors (Lipinski definition) is 7. The van der Waals surface area contributed by atoms with E-state index < -0.39 is 5.91 Å². The van der Waals surface area contributed by atoms with E-state index in [1.807, 2.05) is 0 Å². The van der Waals surface area contributed by atoms with Crippen molar-refractivity contribution in [1.29, 1.82) is 0 Å². The highest BCUT2D eigenvalue weighted by Crippen LogP contribution is 2.25. The number of hydrogen-bond donors (Lipinski definition) is 3. The van der Waals surface area contributed by atoms with Gasteiger partial charge in [0.1, 0.15) is 0 Å². The van der Waals surface area contributed by atoms with Gasteiger partial charge in [-0.1, -0.05) is 13.8 Å². The molecule has 2 aromatic rings. The maximum absolute atomic E-state index is 12.1. The lowest BCUT2D eigenvalue weighted by molar-refractivity contribution is -0.122. The highest BCUT2D eigenvalue weighted by Gasteiger charge is 2.13. The van der Waals surface area contributed by atoms with Gasteiger partial charge < -0.3 is 16.4 Å². The number of carbonyl (C=O) groups excluding carboxylic acids is 3. The molecule has 134 valence electrons. The fourth-order valence-corrected chi connectivity index (χ4v) is 3.36. The predicted molar refractivity (Wildman–Crippen MR) is 97.7 cm³/mol. The summed E-state index contributed by atoms with van der Waals surface area (Å²) in [5, 5.41) is 7.96. The Balaban J connectivity index is 1.84. The maximum Gasteiger partial charge on any atom is 0.232 e. The topological polar surface area (TPSA) is 127 Å². The van der Waals surface area contributed by atoms with E-state index in [-0.39, 0.29) is 31.1 Å². The molecule has 0 aliphatic rings. The highest BCUT2D eigenvalue weighted by molar-refractivity contribution is 7.15. The van der Waals surface area contributed by atoms with Gasteiger partial charge in [0.2, 0.25) is 17.7 Å². The number of nitrogens with zero attached hydrogens (tertiary/aromatic N) is 2. The van der Waals surface area contributed by atoms with Gasteiger partial charge in [0.15, 0.2) is 10.3 Å². The van der Waals surface area contributed by atoms with Crippen LogP contribution in [0, 0.1) is 0 Å². The van der Waals surface area contributed by atoms with Crippen molar-refractivity contribution in [2.24, 2.45) is 5.73 Å². The number of aromatic nitrogens is 2. The average Bonchev–Trinajstić information content (AvgIpc) is 3.15. The van der Waals surface area contributed by atoms with Gasteiger partial charge in [0, 0.05) is 29.3 Å². The van der Waals surface area contributed by atoms with Crippen LogP contribution in [-0.4, -0.2) is 27.7 Å². The van der Waals surface area contributed by atoms with Crippen molar-refractivity contribution in [3.05, 3.63) is 22.1 Å². The fraction of sp³-hybridized carbons (Fsp3) is 0.400. The fourth-order valence-electron chi connectivity index (χ4n) is 1.80. The molecule has 10 heteroatoms. The number of amides is 3. The molecular formula is C15H19N5O3S2. The number of thiazole rings is 2. The predicted octanol–water partition coefficient (Wildman–Crippen LogP) is 2.11. The van der Waals surface area contributed by atoms with Crippen LogP contribution in [0.1, 0.15) is 43.2 Å². The van der Waals surface area contributed by atoms with Gasteiger partial charge >= 0.3 is 0 Å². The molecule has 3 amide bonds. The smallest absolute Gasteiger partial charge is 0.232 e. The first-order chi connectivity index (χ1) is 11.8. The number of rotatable bonds is 8. The van der Waals surface area contributed by atoms with Gasteiger partial charge in [-0.15, -0.1) is 22.7 Å². The molecular weight excluding hydrogens is 362 g/mol. The van der Waals surface area contributed by atoms with E-state index in [1.54, 1.807) is 11.6 Å². The Morgan fingerprint density at radius 3 is 2.52 bits per heavy atom. The Morgan fingerprint density at radius 1 is 1.16 bits per heavy atom. The molecule has 4 N–H and O–H groups in total. The number of nitrogens with two attached hydrogens (primary N) is 1. The van der Waals surface area contributed by atoms with E-state index in [9.17, 15) is 14.4 Å². The summed E-state index contributed by atoms with van der Waals surface area (Å²) >= 11 is 2.66. The number of carbonyl (C=O) groups is 3. The zero-order valence-electron chi connectivity index (χ0n) is 13.9. The summed E-state index contributed by atoms with van der Waals surface area (Å²) in [6.07, 6.45) is 1.84. The zero-order valence-corrected chi connectivity index (χ0v) is 15.5. The lowest BCUT2D eigenvalue weighted by Crippen LogP contribution is -2.17. The van der Waals surface area contributed by atoms with Crippen LogP contribution in [0.25, 0.3) is 0 Å². The molecule has 0 unspecified atom stereocenters. The summed E-state index contributed by atoms with van der Waals surface area (Å²) in [7, 11) is 0. The Kier molecular flexibility index (Phi) is 6.59. The van der Waals surface area contributed by atoms with E-state index in [2.05, 4.69) is 34.4 Å². The Labute approximate surface area is 152 Å². The quantitative estimate of drug-likeness (QED) is 0.645. The highest BCUT2D eigenvalue weighted by atomic mass is 32.1. The summed E-state index contributed by atoms with van der Waals surface area (Å²) in [5.74, 6) is -0.730.